The topological polar surface area (TPSA) is 92.8 Å². The molecule has 1 N–H and O–H groups in total. The Labute approximate surface area is 191 Å². The maximum absolute atomic E-state index is 12.8. The Hall–Kier alpha value is -3.17. The van der Waals surface area contributed by atoms with E-state index in [-0.39, 0.29) is 11.5 Å². The molecule has 0 atom stereocenters. The van der Waals surface area contributed by atoms with Gasteiger partial charge in [-0.3, -0.25) is 9.10 Å². The molecule has 0 radical (unpaired) electrons. The molecule has 0 saturated heterocycles. The van der Waals surface area contributed by atoms with Crippen molar-refractivity contribution in [3.63, 3.8) is 0 Å². The highest BCUT2D eigenvalue weighted by Gasteiger charge is 2.23. The molecule has 1 aromatic heterocycles. The normalized spacial score (nSPS) is 11.1. The van der Waals surface area contributed by atoms with Crippen LogP contribution in [0.15, 0.2) is 59.5 Å². The van der Waals surface area contributed by atoms with Gasteiger partial charge in [-0.15, -0.1) is 11.3 Å². The van der Waals surface area contributed by atoms with E-state index in [0.717, 1.165) is 14.7 Å². The van der Waals surface area contributed by atoms with Gasteiger partial charge in [-0.25, -0.2) is 13.2 Å². The van der Waals surface area contributed by atoms with Gasteiger partial charge in [0.2, 0.25) is 0 Å². The van der Waals surface area contributed by atoms with Crippen LogP contribution in [0.5, 0.6) is 0 Å². The minimum atomic E-state index is -3.71. The number of rotatable bonds is 7. The molecule has 2 aromatic carbocycles. The summed E-state index contributed by atoms with van der Waals surface area (Å²) in [5, 5.41) is 3.21. The molecular weight excluding hydrogens is 448 g/mol. The molecule has 3 rings (SSSR count). The van der Waals surface area contributed by atoms with E-state index in [2.05, 4.69) is 5.32 Å². The second-order valence-electron chi connectivity index (χ2n) is 6.99. The lowest BCUT2D eigenvalue weighted by Gasteiger charge is -2.19. The molecule has 0 aliphatic carbocycles. The highest BCUT2D eigenvalue weighted by molar-refractivity contribution is 7.92. The second-order valence-corrected chi connectivity index (χ2v) is 10.2. The fourth-order valence-corrected chi connectivity index (χ4v) is 5.31. The van der Waals surface area contributed by atoms with E-state index in [1.165, 1.54) is 30.5 Å². The first-order valence-electron chi connectivity index (χ1n) is 9.89. The minimum absolute atomic E-state index is 0.180. The summed E-state index contributed by atoms with van der Waals surface area (Å²) in [5.41, 5.74) is 1.87. The first-order chi connectivity index (χ1) is 15.2. The Morgan fingerprint density at radius 2 is 1.66 bits per heavy atom. The van der Waals surface area contributed by atoms with Gasteiger partial charge in [-0.05, 0) is 62.7 Å². The van der Waals surface area contributed by atoms with Crippen LogP contribution in [0, 0.1) is 13.8 Å². The van der Waals surface area contributed by atoms with E-state index in [1.807, 2.05) is 13.8 Å². The summed E-state index contributed by atoms with van der Waals surface area (Å²) < 4.78 is 31.8. The number of nitrogens with zero attached hydrogens (tertiary/aromatic N) is 1. The molecule has 3 aromatic rings. The van der Waals surface area contributed by atoms with Crippen LogP contribution < -0.4 is 9.62 Å². The number of aryl methyl sites for hydroxylation is 1. The van der Waals surface area contributed by atoms with E-state index < -0.39 is 21.9 Å². The van der Waals surface area contributed by atoms with Crippen molar-refractivity contribution in [2.45, 2.75) is 25.7 Å². The van der Waals surface area contributed by atoms with Gasteiger partial charge in [0.15, 0.2) is 0 Å². The van der Waals surface area contributed by atoms with Crippen LogP contribution in [0.1, 0.15) is 38.1 Å². The summed E-state index contributed by atoms with van der Waals surface area (Å²) in [6.07, 6.45) is 0. The fourth-order valence-electron chi connectivity index (χ4n) is 3.05. The van der Waals surface area contributed by atoms with Crippen molar-refractivity contribution in [2.75, 3.05) is 23.3 Å². The quantitative estimate of drug-likeness (QED) is 0.507. The van der Waals surface area contributed by atoms with Gasteiger partial charge in [-0.1, -0.05) is 18.2 Å². The molecule has 1 heterocycles. The van der Waals surface area contributed by atoms with Gasteiger partial charge in [-0.2, -0.15) is 0 Å². The molecule has 0 spiro atoms. The van der Waals surface area contributed by atoms with Crippen LogP contribution >= 0.6 is 11.3 Å². The van der Waals surface area contributed by atoms with Crippen LogP contribution in [-0.4, -0.2) is 33.9 Å². The average molecular weight is 473 g/mol. The summed E-state index contributed by atoms with van der Waals surface area (Å²) in [4.78, 5) is 26.2. The highest BCUT2D eigenvalue weighted by Crippen LogP contribution is 2.33. The van der Waals surface area contributed by atoms with E-state index >= 15 is 0 Å². The number of anilines is 2. The summed E-state index contributed by atoms with van der Waals surface area (Å²) in [5.74, 6) is -0.885. The molecule has 0 unspecified atom stereocenters. The van der Waals surface area contributed by atoms with Crippen molar-refractivity contribution in [1.29, 1.82) is 0 Å². The average Bonchev–Trinajstić information content (AvgIpc) is 3.07. The van der Waals surface area contributed by atoms with Crippen molar-refractivity contribution in [3.05, 3.63) is 76.2 Å². The third kappa shape index (κ3) is 4.68. The monoisotopic (exact) mass is 472 g/mol. The van der Waals surface area contributed by atoms with E-state index in [1.54, 1.807) is 49.4 Å². The number of esters is 1. The Bertz CT molecular complexity index is 1230. The predicted octanol–water partition coefficient (Wildman–Crippen LogP) is 4.62. The maximum atomic E-state index is 12.8. The number of carbonyl (C=O) groups is 2. The number of thiophene rings is 1. The van der Waals surface area contributed by atoms with Crippen LogP contribution in [0.2, 0.25) is 0 Å². The highest BCUT2D eigenvalue weighted by atomic mass is 32.2. The molecule has 1 amide bonds. The van der Waals surface area contributed by atoms with Crippen LogP contribution in [0.3, 0.4) is 0 Å². The van der Waals surface area contributed by atoms with Crippen molar-refractivity contribution in [3.8, 4) is 0 Å². The van der Waals surface area contributed by atoms with Gasteiger partial charge in [0.25, 0.3) is 15.9 Å². The number of benzene rings is 2. The zero-order chi connectivity index (χ0) is 23.5. The minimum Gasteiger partial charge on any atom is -0.462 e. The maximum Gasteiger partial charge on any atom is 0.341 e. The van der Waals surface area contributed by atoms with Crippen molar-refractivity contribution in [2.24, 2.45) is 0 Å². The van der Waals surface area contributed by atoms with Crippen LogP contribution in [-0.2, 0) is 14.8 Å². The third-order valence-electron chi connectivity index (χ3n) is 4.99. The number of nitrogens with one attached hydrogen (secondary N) is 1. The molecule has 7 nitrogen and oxygen atoms in total. The zero-order valence-corrected chi connectivity index (χ0v) is 19.8. The summed E-state index contributed by atoms with van der Waals surface area (Å²) in [6, 6.07) is 14.3. The van der Waals surface area contributed by atoms with Gasteiger partial charge < -0.3 is 10.1 Å². The number of sulfonamides is 1. The first-order valence-corrected chi connectivity index (χ1v) is 12.1. The van der Waals surface area contributed by atoms with Crippen LogP contribution in [0.25, 0.3) is 0 Å². The summed E-state index contributed by atoms with van der Waals surface area (Å²) >= 11 is 1.31. The molecule has 9 heteroatoms. The van der Waals surface area contributed by atoms with Crippen LogP contribution in [0.4, 0.5) is 10.7 Å². The number of amides is 1. The molecule has 32 heavy (non-hydrogen) atoms. The van der Waals surface area contributed by atoms with Crippen molar-refractivity contribution >= 4 is 43.9 Å². The zero-order valence-electron chi connectivity index (χ0n) is 18.2. The summed E-state index contributed by atoms with van der Waals surface area (Å²) in [6.45, 7) is 5.64. The lowest BCUT2D eigenvalue weighted by atomic mass is 10.1. The molecule has 0 fully saturated rings. The number of hydrogen-bond acceptors (Lipinski definition) is 6. The van der Waals surface area contributed by atoms with E-state index in [9.17, 15) is 18.0 Å². The molecule has 0 aliphatic heterocycles. The standard InChI is InChI=1S/C23H24N2O5S2/c1-5-30-23(27)20-15(2)16(3)31-22(20)24-21(26)17-11-13-18(14-12-17)25(4)32(28,29)19-9-7-6-8-10-19/h6-14H,5H2,1-4H3,(H,24,26). The number of ether oxygens (including phenoxy) is 1. The largest absolute Gasteiger partial charge is 0.462 e. The third-order valence-corrected chi connectivity index (χ3v) is 7.91. The number of hydrogen-bond donors (Lipinski definition) is 1. The Morgan fingerprint density at radius 1 is 1.03 bits per heavy atom. The Morgan fingerprint density at radius 3 is 2.25 bits per heavy atom. The van der Waals surface area contributed by atoms with Crippen molar-refractivity contribution in [1.82, 2.24) is 0 Å². The molecular formula is C23H24N2O5S2. The van der Waals surface area contributed by atoms with Gasteiger partial charge in [0.05, 0.1) is 22.8 Å². The first kappa shape index (κ1) is 23.5. The SMILES string of the molecule is CCOC(=O)c1c(NC(=O)c2ccc(N(C)S(=O)(=O)c3ccccc3)cc2)sc(C)c1C. The molecule has 0 saturated carbocycles. The number of carbonyl (C=O) groups excluding carboxylic acids is 2. The lowest BCUT2D eigenvalue weighted by Crippen LogP contribution is -2.26. The summed E-state index contributed by atoms with van der Waals surface area (Å²) in [7, 11) is -2.25. The Kier molecular flexibility index (Phi) is 7.00. The fraction of sp³-hybridized carbons (Fsp3) is 0.217. The molecule has 0 bridgehead atoms. The van der Waals surface area contributed by atoms with Gasteiger partial charge >= 0.3 is 5.97 Å². The predicted molar refractivity (Wildman–Crippen MR) is 126 cm³/mol. The van der Waals surface area contributed by atoms with Crippen molar-refractivity contribution < 1.29 is 22.7 Å². The smallest absolute Gasteiger partial charge is 0.341 e. The van der Waals surface area contributed by atoms with Gasteiger partial charge in [0.1, 0.15) is 5.00 Å². The van der Waals surface area contributed by atoms with E-state index in [0.29, 0.717) is 21.8 Å². The van der Waals surface area contributed by atoms with Gasteiger partial charge in [0, 0.05) is 17.5 Å². The lowest BCUT2D eigenvalue weighted by molar-refractivity contribution is 0.0527. The Balaban J connectivity index is 1.81. The molecule has 0 aliphatic rings. The van der Waals surface area contributed by atoms with E-state index in [4.69, 9.17) is 4.74 Å². The second kappa shape index (κ2) is 9.54. The molecule has 168 valence electrons.